The molecule has 0 spiro atoms. The highest BCUT2D eigenvalue weighted by atomic mass is 35.5. The molecule has 194 valence electrons. The van der Waals surface area contributed by atoms with Gasteiger partial charge in [-0.25, -0.2) is 0 Å². The number of thioether (sulfide) groups is 1. The first-order chi connectivity index (χ1) is 16.2. The number of methoxy groups -OCH3 is 2. The summed E-state index contributed by atoms with van der Waals surface area (Å²) in [4.78, 5) is 30.2. The van der Waals surface area contributed by atoms with Gasteiger partial charge >= 0.3 is 5.97 Å². The van der Waals surface area contributed by atoms with Gasteiger partial charge in [0.1, 0.15) is 11.5 Å². The van der Waals surface area contributed by atoms with E-state index in [4.69, 9.17) is 19.3 Å². The van der Waals surface area contributed by atoms with Crippen LogP contribution in [0.2, 0.25) is 0 Å². The fourth-order valence-electron chi connectivity index (χ4n) is 3.40. The number of benzene rings is 2. The van der Waals surface area contributed by atoms with Crippen LogP contribution in [0.5, 0.6) is 11.5 Å². The Balaban J connectivity index is 0.00000145. The summed E-state index contributed by atoms with van der Waals surface area (Å²) in [5, 5.41) is 7.15. The molecule has 0 fully saturated rings. The number of rotatable bonds is 7. The Hall–Kier alpha value is -2.46. The normalized spacial score (nSPS) is 16.8. The maximum absolute atomic E-state index is 13.7. The van der Waals surface area contributed by atoms with Crippen LogP contribution >= 0.6 is 24.2 Å². The largest absolute Gasteiger partial charge is 0.497 e. The van der Waals surface area contributed by atoms with Crippen molar-refractivity contribution in [2.75, 3.05) is 52.9 Å². The molecule has 1 aliphatic rings. The molecular formula is C25H35ClN2O6S. The molecule has 35 heavy (non-hydrogen) atoms. The summed E-state index contributed by atoms with van der Waals surface area (Å²) in [5.74, 6) is 0.681. The first-order valence-corrected chi connectivity index (χ1v) is 11.9. The quantitative estimate of drug-likeness (QED) is 0.545. The van der Waals surface area contributed by atoms with Crippen molar-refractivity contribution >= 4 is 41.7 Å². The molecule has 0 saturated heterocycles. The number of ether oxygens (including phenoxy) is 3. The van der Waals surface area contributed by atoms with Gasteiger partial charge in [0.2, 0.25) is 0 Å². The molecule has 1 N–H and O–H groups in total. The van der Waals surface area contributed by atoms with Gasteiger partial charge in [-0.3, -0.25) is 9.59 Å². The number of halogens is 1. The van der Waals surface area contributed by atoms with Crippen LogP contribution in [0.15, 0.2) is 47.4 Å². The Morgan fingerprint density at radius 1 is 1.09 bits per heavy atom. The van der Waals surface area contributed by atoms with E-state index in [0.29, 0.717) is 24.6 Å². The molecule has 0 aliphatic carbocycles. The van der Waals surface area contributed by atoms with Crippen molar-refractivity contribution < 1.29 is 28.9 Å². The second kappa shape index (κ2) is 14.8. The highest BCUT2D eigenvalue weighted by Crippen LogP contribution is 2.48. The number of fused-ring (bicyclic) bond motifs is 1. The van der Waals surface area contributed by atoms with Crippen LogP contribution < -0.4 is 14.4 Å². The van der Waals surface area contributed by atoms with E-state index in [0.717, 1.165) is 16.1 Å². The SMILES string of the molecule is CCO.COc1ccc([C@@H]2Sc3cc(OC)ccc3N(CCN(C)C)C(=O)[C@@H]2OC(C)=O)cc1.Cl. The van der Waals surface area contributed by atoms with Gasteiger partial charge in [-0.1, -0.05) is 12.1 Å². The predicted octanol–water partition coefficient (Wildman–Crippen LogP) is 3.80. The topological polar surface area (TPSA) is 88.5 Å². The molecule has 8 nitrogen and oxygen atoms in total. The number of carbonyl (C=O) groups is 2. The van der Waals surface area contributed by atoms with Gasteiger partial charge in [0.15, 0.2) is 6.10 Å². The minimum Gasteiger partial charge on any atom is -0.497 e. The van der Waals surface area contributed by atoms with Crippen LogP contribution in [-0.4, -0.2) is 76.0 Å². The summed E-state index contributed by atoms with van der Waals surface area (Å²) < 4.78 is 16.3. The Bertz CT molecular complexity index is 957. The average Bonchev–Trinajstić information content (AvgIpc) is 2.92. The second-order valence-corrected chi connectivity index (χ2v) is 8.97. The number of hydrogen-bond acceptors (Lipinski definition) is 8. The van der Waals surface area contributed by atoms with E-state index in [1.54, 1.807) is 26.0 Å². The first kappa shape index (κ1) is 30.6. The van der Waals surface area contributed by atoms with E-state index in [9.17, 15) is 9.59 Å². The molecule has 0 bridgehead atoms. The summed E-state index contributed by atoms with van der Waals surface area (Å²) in [7, 11) is 7.12. The second-order valence-electron chi connectivity index (χ2n) is 7.78. The Labute approximate surface area is 217 Å². The standard InChI is InChI=1S/C23H28N2O5S.C2H6O.ClH/c1-15(26)30-21-22(16-6-8-17(28-4)9-7-16)31-20-14-18(29-5)10-11-19(20)25(23(21)27)13-12-24(2)3;1-2-3;/h6-11,14,21-22H,12-13H2,1-5H3;3H,2H2,1H3;1H/t21-,22+;;/m1../s1. The van der Waals surface area contributed by atoms with Crippen molar-refractivity contribution in [1.29, 1.82) is 0 Å². The Morgan fingerprint density at radius 2 is 1.66 bits per heavy atom. The van der Waals surface area contributed by atoms with Gasteiger partial charge in [0.05, 0.1) is 25.2 Å². The fraction of sp³-hybridized carbons (Fsp3) is 0.440. The molecule has 2 aromatic carbocycles. The monoisotopic (exact) mass is 526 g/mol. The summed E-state index contributed by atoms with van der Waals surface area (Å²) in [5.41, 5.74) is 1.65. The molecule has 3 rings (SSSR count). The van der Waals surface area contributed by atoms with Crippen LogP contribution in [0.3, 0.4) is 0 Å². The molecule has 1 aliphatic heterocycles. The molecule has 10 heteroatoms. The molecule has 0 saturated carbocycles. The maximum Gasteiger partial charge on any atom is 0.303 e. The average molecular weight is 527 g/mol. The van der Waals surface area contributed by atoms with Crippen LogP contribution in [0, 0.1) is 0 Å². The van der Waals surface area contributed by atoms with Gasteiger partial charge in [0, 0.05) is 31.5 Å². The minimum absolute atomic E-state index is 0. The molecule has 0 aromatic heterocycles. The number of likely N-dealkylation sites (N-methyl/N-ethyl adjacent to an activating group) is 1. The lowest BCUT2D eigenvalue weighted by Gasteiger charge is -2.28. The van der Waals surface area contributed by atoms with Crippen LogP contribution in [0.25, 0.3) is 0 Å². The van der Waals surface area contributed by atoms with Crippen LogP contribution in [0.4, 0.5) is 5.69 Å². The Kier molecular flexibility index (Phi) is 13.0. The van der Waals surface area contributed by atoms with E-state index in [1.807, 2.05) is 61.5 Å². The molecule has 2 aromatic rings. The predicted molar refractivity (Wildman–Crippen MR) is 141 cm³/mol. The lowest BCUT2D eigenvalue weighted by atomic mass is 10.1. The van der Waals surface area contributed by atoms with E-state index >= 15 is 0 Å². The zero-order valence-corrected chi connectivity index (χ0v) is 22.6. The Morgan fingerprint density at radius 3 is 2.17 bits per heavy atom. The first-order valence-electron chi connectivity index (χ1n) is 11.0. The van der Waals surface area contributed by atoms with Crippen molar-refractivity contribution in [3.8, 4) is 11.5 Å². The van der Waals surface area contributed by atoms with E-state index < -0.39 is 17.3 Å². The number of anilines is 1. The van der Waals surface area contributed by atoms with Crippen molar-refractivity contribution in [3.63, 3.8) is 0 Å². The third-order valence-corrected chi connectivity index (χ3v) is 6.36. The minimum atomic E-state index is -0.962. The van der Waals surface area contributed by atoms with E-state index in [2.05, 4.69) is 0 Å². The number of aliphatic hydroxyl groups is 1. The molecular weight excluding hydrogens is 492 g/mol. The summed E-state index contributed by atoms with van der Waals surface area (Å²) >= 11 is 1.49. The van der Waals surface area contributed by atoms with Gasteiger partial charge in [-0.05, 0) is 56.9 Å². The smallest absolute Gasteiger partial charge is 0.303 e. The van der Waals surface area contributed by atoms with Crippen LogP contribution in [-0.2, 0) is 14.3 Å². The third kappa shape index (κ3) is 8.31. The summed E-state index contributed by atoms with van der Waals surface area (Å²) in [6.45, 7) is 4.40. The van der Waals surface area contributed by atoms with Crippen LogP contribution in [0.1, 0.15) is 24.7 Å². The zero-order valence-electron chi connectivity index (χ0n) is 21.0. The van der Waals surface area contributed by atoms with Gasteiger partial charge in [-0.2, -0.15) is 0 Å². The van der Waals surface area contributed by atoms with E-state index in [-0.39, 0.29) is 24.9 Å². The third-order valence-electron chi connectivity index (χ3n) is 5.00. The van der Waals surface area contributed by atoms with Crippen molar-refractivity contribution in [2.45, 2.75) is 30.1 Å². The number of esters is 1. The fourth-order valence-corrected chi connectivity index (χ4v) is 4.74. The summed E-state index contributed by atoms with van der Waals surface area (Å²) in [6, 6.07) is 13.1. The maximum atomic E-state index is 13.7. The molecule has 0 radical (unpaired) electrons. The summed E-state index contributed by atoms with van der Waals surface area (Å²) in [6.07, 6.45) is -0.962. The number of carbonyl (C=O) groups excluding carboxylic acids is 2. The van der Waals surface area contributed by atoms with Crippen molar-refractivity contribution in [1.82, 2.24) is 4.90 Å². The van der Waals surface area contributed by atoms with Gasteiger partial charge in [-0.15, -0.1) is 24.2 Å². The highest BCUT2D eigenvalue weighted by molar-refractivity contribution is 7.99. The number of hydrogen-bond donors (Lipinski definition) is 1. The van der Waals surface area contributed by atoms with E-state index in [1.165, 1.54) is 18.7 Å². The van der Waals surface area contributed by atoms with Crippen molar-refractivity contribution in [3.05, 3.63) is 48.0 Å². The lowest BCUT2D eigenvalue weighted by molar-refractivity contribution is -0.152. The number of amides is 1. The lowest BCUT2D eigenvalue weighted by Crippen LogP contribution is -2.45. The molecule has 0 unspecified atom stereocenters. The highest BCUT2D eigenvalue weighted by Gasteiger charge is 2.41. The molecule has 2 atom stereocenters. The van der Waals surface area contributed by atoms with Crippen molar-refractivity contribution in [2.24, 2.45) is 0 Å². The number of aliphatic hydroxyl groups excluding tert-OH is 1. The molecule has 1 amide bonds. The van der Waals surface area contributed by atoms with Gasteiger partial charge in [0.25, 0.3) is 5.91 Å². The molecule has 1 heterocycles. The zero-order chi connectivity index (χ0) is 25.3. The van der Waals surface area contributed by atoms with Gasteiger partial charge < -0.3 is 29.1 Å². The number of nitrogens with zero attached hydrogens (tertiary/aromatic N) is 2.